The Morgan fingerprint density at radius 1 is 1.04 bits per heavy atom. The second-order valence-electron chi connectivity index (χ2n) is 7.44. The van der Waals surface area contributed by atoms with E-state index in [1.807, 2.05) is 0 Å². The quantitative estimate of drug-likeness (QED) is 0.412. The lowest BCUT2D eigenvalue weighted by Gasteiger charge is -2.34. The summed E-state index contributed by atoms with van der Waals surface area (Å²) in [6.07, 6.45) is 1.73. The van der Waals surface area contributed by atoms with Gasteiger partial charge in [-0.2, -0.15) is 8.42 Å². The largest absolute Gasteiger partial charge is 0.459 e. The van der Waals surface area contributed by atoms with Crippen LogP contribution in [0, 0.1) is 0 Å². The maximum absolute atomic E-state index is 13.1. The number of benzene rings is 1. The van der Waals surface area contributed by atoms with Crippen molar-refractivity contribution in [2.45, 2.75) is 38.2 Å². The third-order valence-electron chi connectivity index (χ3n) is 3.52. The predicted octanol–water partition coefficient (Wildman–Crippen LogP) is 2.44. The summed E-state index contributed by atoms with van der Waals surface area (Å²) in [5, 5.41) is 0. The molecule has 0 aliphatic carbocycles. The van der Waals surface area contributed by atoms with Gasteiger partial charge in [-0.1, -0.05) is 28.1 Å². The van der Waals surface area contributed by atoms with Crippen molar-refractivity contribution in [1.29, 1.82) is 0 Å². The molecule has 1 unspecified atom stereocenters. The highest BCUT2D eigenvalue weighted by molar-refractivity contribution is 9.10. The Morgan fingerprint density at radius 3 is 1.96 bits per heavy atom. The molecule has 1 aromatic carbocycles. The Kier molecular flexibility index (Phi) is 7.65. The number of hydrogen-bond acceptors (Lipinski definition) is 7. The van der Waals surface area contributed by atoms with Crippen LogP contribution in [0.5, 0.6) is 0 Å². The standard InChI is InChI=1S/C17H25BrO7S2/c1-16(2,3)25-15(19)17(12-26(4,20)21,10-11-24-27(5,22)23)13-6-8-14(18)9-7-13/h6-9H,10-12H2,1-5H3. The van der Waals surface area contributed by atoms with Crippen molar-refractivity contribution >= 4 is 41.9 Å². The van der Waals surface area contributed by atoms with Gasteiger partial charge in [0, 0.05) is 10.7 Å². The van der Waals surface area contributed by atoms with Crippen LogP contribution in [0.2, 0.25) is 0 Å². The van der Waals surface area contributed by atoms with Gasteiger partial charge in [0.1, 0.15) is 20.9 Å². The van der Waals surface area contributed by atoms with Gasteiger partial charge in [0.25, 0.3) is 10.1 Å². The minimum absolute atomic E-state index is 0.177. The summed E-state index contributed by atoms with van der Waals surface area (Å²) < 4.78 is 57.9. The fourth-order valence-corrected chi connectivity index (χ4v) is 4.51. The first-order valence-corrected chi connectivity index (χ1v) is 12.7. The van der Waals surface area contributed by atoms with Crippen molar-refractivity contribution in [2.24, 2.45) is 0 Å². The molecule has 0 aromatic heterocycles. The fraction of sp³-hybridized carbons (Fsp3) is 0.588. The molecule has 1 aromatic rings. The molecule has 0 heterocycles. The number of rotatable bonds is 8. The highest BCUT2D eigenvalue weighted by Crippen LogP contribution is 2.34. The Morgan fingerprint density at radius 2 is 1.56 bits per heavy atom. The van der Waals surface area contributed by atoms with Gasteiger partial charge in [-0.25, -0.2) is 8.42 Å². The predicted molar refractivity (Wildman–Crippen MR) is 107 cm³/mol. The molecule has 0 fully saturated rings. The van der Waals surface area contributed by atoms with Gasteiger partial charge < -0.3 is 4.74 Å². The number of carbonyl (C=O) groups is 1. The van der Waals surface area contributed by atoms with E-state index >= 15 is 0 Å². The van der Waals surface area contributed by atoms with Crippen LogP contribution in [0.4, 0.5) is 0 Å². The molecule has 1 rings (SSSR count). The van der Waals surface area contributed by atoms with Gasteiger partial charge in [-0.05, 0) is 44.9 Å². The van der Waals surface area contributed by atoms with Crippen LogP contribution in [0.3, 0.4) is 0 Å². The molecule has 154 valence electrons. The van der Waals surface area contributed by atoms with Crippen molar-refractivity contribution in [2.75, 3.05) is 24.9 Å². The molecule has 27 heavy (non-hydrogen) atoms. The Balaban J connectivity index is 3.49. The van der Waals surface area contributed by atoms with E-state index in [-0.39, 0.29) is 13.0 Å². The first kappa shape index (κ1) is 24.1. The van der Waals surface area contributed by atoms with Crippen LogP contribution in [-0.4, -0.2) is 53.3 Å². The molecule has 0 aliphatic heterocycles. The van der Waals surface area contributed by atoms with E-state index in [1.54, 1.807) is 45.0 Å². The van der Waals surface area contributed by atoms with Crippen molar-refractivity contribution in [3.8, 4) is 0 Å². The van der Waals surface area contributed by atoms with Crippen LogP contribution in [0.25, 0.3) is 0 Å². The van der Waals surface area contributed by atoms with Gasteiger partial charge >= 0.3 is 5.97 Å². The molecule has 0 spiro atoms. The Hall–Kier alpha value is -0.970. The summed E-state index contributed by atoms with van der Waals surface area (Å²) >= 11 is 3.30. The third-order valence-corrected chi connectivity index (χ3v) is 5.66. The molecule has 7 nitrogen and oxygen atoms in total. The van der Waals surface area contributed by atoms with E-state index in [2.05, 4.69) is 15.9 Å². The molecule has 0 radical (unpaired) electrons. The van der Waals surface area contributed by atoms with Gasteiger partial charge in [0.2, 0.25) is 0 Å². The van der Waals surface area contributed by atoms with E-state index in [0.717, 1.165) is 17.0 Å². The first-order chi connectivity index (χ1) is 12.0. The van der Waals surface area contributed by atoms with Crippen LogP contribution in [0.15, 0.2) is 28.7 Å². The number of carbonyl (C=O) groups excluding carboxylic acids is 1. The van der Waals surface area contributed by atoms with E-state index < -0.39 is 42.7 Å². The molecular formula is C17H25BrO7S2. The number of ether oxygens (including phenoxy) is 1. The second kappa shape index (κ2) is 8.59. The van der Waals surface area contributed by atoms with Crippen molar-refractivity contribution in [3.63, 3.8) is 0 Å². The minimum atomic E-state index is -3.75. The molecule has 1 atom stereocenters. The number of halogens is 1. The minimum Gasteiger partial charge on any atom is -0.459 e. The Labute approximate surface area is 169 Å². The van der Waals surface area contributed by atoms with Gasteiger partial charge in [0.15, 0.2) is 0 Å². The van der Waals surface area contributed by atoms with Gasteiger partial charge in [-0.3, -0.25) is 8.98 Å². The summed E-state index contributed by atoms with van der Waals surface area (Å²) in [4.78, 5) is 13.1. The molecule has 0 N–H and O–H groups in total. The second-order valence-corrected chi connectivity index (χ2v) is 12.1. The molecular weight excluding hydrogens is 460 g/mol. The number of hydrogen-bond donors (Lipinski definition) is 0. The lowest BCUT2D eigenvalue weighted by molar-refractivity contribution is -0.162. The molecule has 0 bridgehead atoms. The molecule has 10 heteroatoms. The van der Waals surface area contributed by atoms with E-state index in [9.17, 15) is 21.6 Å². The number of sulfone groups is 1. The fourth-order valence-electron chi connectivity index (χ4n) is 2.54. The lowest BCUT2D eigenvalue weighted by Crippen LogP contribution is -2.47. The smallest absolute Gasteiger partial charge is 0.318 e. The first-order valence-electron chi connectivity index (χ1n) is 8.06. The third kappa shape index (κ3) is 8.28. The lowest BCUT2D eigenvalue weighted by atomic mass is 9.79. The van der Waals surface area contributed by atoms with Crippen LogP contribution in [-0.2, 0) is 39.1 Å². The van der Waals surface area contributed by atoms with Crippen LogP contribution >= 0.6 is 15.9 Å². The molecule has 0 saturated heterocycles. The average molecular weight is 485 g/mol. The zero-order chi connectivity index (χ0) is 21.1. The maximum atomic E-state index is 13.1. The monoisotopic (exact) mass is 484 g/mol. The van der Waals surface area contributed by atoms with Gasteiger partial charge in [-0.15, -0.1) is 0 Å². The van der Waals surface area contributed by atoms with Crippen molar-refractivity contribution in [3.05, 3.63) is 34.3 Å². The summed E-state index contributed by atoms with van der Waals surface area (Å²) in [5.74, 6) is -1.29. The zero-order valence-corrected chi connectivity index (χ0v) is 19.2. The summed E-state index contributed by atoms with van der Waals surface area (Å²) in [7, 11) is -7.37. The summed E-state index contributed by atoms with van der Waals surface area (Å²) in [6.45, 7) is 4.66. The molecule has 0 amide bonds. The zero-order valence-electron chi connectivity index (χ0n) is 16.0. The van der Waals surface area contributed by atoms with Crippen LogP contribution < -0.4 is 0 Å². The Bertz CT molecular complexity index is 869. The maximum Gasteiger partial charge on any atom is 0.318 e. The van der Waals surface area contributed by atoms with E-state index in [0.29, 0.717) is 5.56 Å². The topological polar surface area (TPSA) is 104 Å². The van der Waals surface area contributed by atoms with E-state index in [1.165, 1.54) is 0 Å². The van der Waals surface area contributed by atoms with E-state index in [4.69, 9.17) is 8.92 Å². The van der Waals surface area contributed by atoms with Crippen molar-refractivity contribution < 1.29 is 30.6 Å². The average Bonchev–Trinajstić information content (AvgIpc) is 2.42. The molecule has 0 saturated carbocycles. The molecule has 0 aliphatic rings. The highest BCUT2D eigenvalue weighted by atomic mass is 79.9. The highest BCUT2D eigenvalue weighted by Gasteiger charge is 2.46. The summed E-state index contributed by atoms with van der Waals surface area (Å²) in [6, 6.07) is 6.57. The van der Waals surface area contributed by atoms with Crippen LogP contribution in [0.1, 0.15) is 32.8 Å². The summed E-state index contributed by atoms with van der Waals surface area (Å²) in [5.41, 5.74) is -2.05. The van der Waals surface area contributed by atoms with Gasteiger partial charge in [0.05, 0.1) is 18.6 Å². The normalized spacial score (nSPS) is 15.2. The number of esters is 1. The SMILES string of the molecule is CC(C)(C)OC(=O)C(CCOS(C)(=O)=O)(CS(C)(=O)=O)c1ccc(Br)cc1. The van der Waals surface area contributed by atoms with Crippen molar-refractivity contribution in [1.82, 2.24) is 0 Å².